The van der Waals surface area contributed by atoms with E-state index in [9.17, 15) is 4.79 Å². The SMILES string of the molecule is C#CCO[C@H]1CN2CCC1CC2.CCCCCCOc1nsnc1C1=CCCN(C)C1.CCOC(=O)C1=CCCN(C)C1.CCn1nnc(C2=CCCN(C)C2)n1.CO/N=C(\C#N)C1CN2CCC1CC2.CO/N=C/C1=CCCN(C)C1.C[C@@H]1COC2(CN3CCC2CC3)S1. The van der Waals surface area contributed by atoms with E-state index < -0.39 is 0 Å². The largest absolute Gasteiger partial charge is 0.475 e. The Kier molecular flexibility index (Phi) is 34.1. The first-order valence-corrected chi connectivity index (χ1v) is 36.8. The lowest BCUT2D eigenvalue weighted by atomic mass is 9.77. The predicted octanol–water partition coefficient (Wildman–Crippen LogP) is 8.46. The number of rotatable bonds is 17. The molecule has 10 saturated heterocycles. The standard InChI is InChI=1S/C14H23N3OS.C10H15N3O.C10H17NOS.C10H15NO.C9H15N5.C9H15NO2.C8H14N2O/c1-3-4-5-6-10-18-14-13(15-19-16-14)12-8-7-9-17(2)11-12;1-14-12-10(6-11)9-7-13-4-2-8(9)3-5-13;1-8-6-12-10(13-8)7-11-4-2-9(10)3-5-11;1-2-7-12-10-8-11-5-3-9(10)4-6-11;1-3-14-11-9(10-12-14)8-5-4-6-13(2)7-8;1-3-12-9(11)8-5-4-6-10(2)7-8;1-10-5-3-4-8(7-10)6-9-11-2/h8H,3-7,9-11H2,1-2H3;8-9H,2-5,7H2,1H3;8-9H,2-7H2,1H3;1,9-10H,3-8H2;5H,3-4,6-7H2,1-2H3;5H,3-4,6-7H2,1-2H3;4,6H,3,5,7H2,1-2H3/b;12-10+;;;;;9-6+/t;;8-,10?;10-;;;/m..10.../s1. The number of nitrogens with zero attached hydrogens (tertiary/aromatic N) is 16. The van der Waals surface area contributed by atoms with E-state index in [1.165, 1.54) is 139 Å². The minimum Gasteiger partial charge on any atom is -0.475 e. The van der Waals surface area contributed by atoms with E-state index in [2.05, 4.69) is 151 Å². The Morgan fingerprint density at radius 2 is 1.41 bits per heavy atom. The molecule has 2 aromatic rings. The van der Waals surface area contributed by atoms with Gasteiger partial charge in [0, 0.05) is 100 Å². The van der Waals surface area contributed by atoms with Crippen LogP contribution in [0.1, 0.15) is 129 Å². The number of terminal acetylenes is 1. The summed E-state index contributed by atoms with van der Waals surface area (Å²) in [6.45, 7) is 30.5. The minimum atomic E-state index is -0.163. The van der Waals surface area contributed by atoms with Crippen LogP contribution >= 0.6 is 23.5 Å². The first-order chi connectivity index (χ1) is 46.2. The summed E-state index contributed by atoms with van der Waals surface area (Å²) in [5, 5.41) is 29.5. The van der Waals surface area contributed by atoms with Crippen LogP contribution in [0.4, 0.5) is 0 Å². The molecule has 16 rings (SSSR count). The molecule has 0 saturated carbocycles. The Labute approximate surface area is 577 Å². The molecule has 14 aliphatic heterocycles. The molecule has 0 amide bonds. The number of carbonyl (C=O) groups excluding carboxylic acids is 1. The van der Waals surface area contributed by atoms with Crippen LogP contribution in [0, 0.1) is 47.3 Å². The van der Waals surface area contributed by atoms with Crippen LogP contribution in [0.25, 0.3) is 11.1 Å². The molecule has 2 unspecified atom stereocenters. The summed E-state index contributed by atoms with van der Waals surface area (Å²) in [5.74, 6) is 6.45. The van der Waals surface area contributed by atoms with E-state index in [0.717, 1.165) is 152 Å². The second kappa shape index (κ2) is 41.9. The van der Waals surface area contributed by atoms with Crippen molar-refractivity contribution in [2.75, 3.05) is 180 Å². The van der Waals surface area contributed by atoms with Crippen molar-refractivity contribution in [3.63, 3.8) is 0 Å². The average Bonchev–Trinajstić information content (AvgIpc) is 1.60. The number of unbranched alkanes of at least 4 members (excludes halogenated alkanes) is 3. The normalized spacial score (nSPS) is 28.5. The highest BCUT2D eigenvalue weighted by atomic mass is 32.2. The quantitative estimate of drug-likeness (QED) is 0.0477. The third-order valence-corrected chi connectivity index (χ3v) is 21.2. The smallest absolute Gasteiger partial charge is 0.334 e. The second-order valence-corrected chi connectivity index (χ2v) is 28.9. The zero-order valence-electron chi connectivity index (χ0n) is 59.2. The van der Waals surface area contributed by atoms with E-state index in [1.54, 1.807) is 18.1 Å². The van der Waals surface area contributed by atoms with Crippen LogP contribution in [0.5, 0.6) is 5.88 Å². The molecule has 25 heteroatoms. The van der Waals surface area contributed by atoms with Crippen molar-refractivity contribution in [3.8, 4) is 24.3 Å². The van der Waals surface area contributed by atoms with Gasteiger partial charge in [-0.3, -0.25) is 4.90 Å². The summed E-state index contributed by atoms with van der Waals surface area (Å²) >= 11 is 3.33. The van der Waals surface area contributed by atoms with E-state index in [0.29, 0.717) is 42.1 Å². The topological polar surface area (TPSA) is 213 Å². The third kappa shape index (κ3) is 25.3. The Bertz CT molecular complexity index is 2860. The molecule has 0 aliphatic carbocycles. The number of carbonyl (C=O) groups is 1. The molecular formula is C70H114N16O7S2. The number of hydrogen-bond donors (Lipinski definition) is 0. The number of esters is 1. The molecule has 16 heterocycles. The van der Waals surface area contributed by atoms with Crippen molar-refractivity contribution < 1.29 is 33.4 Å². The summed E-state index contributed by atoms with van der Waals surface area (Å²) in [4.78, 5) is 38.7. The lowest BCUT2D eigenvalue weighted by Gasteiger charge is -2.50. The lowest BCUT2D eigenvalue weighted by molar-refractivity contribution is -0.138. The van der Waals surface area contributed by atoms with Crippen LogP contribution in [-0.4, -0.2) is 278 Å². The molecule has 1 spiro atoms. The van der Waals surface area contributed by atoms with Gasteiger partial charge in [-0.25, -0.2) is 4.79 Å². The van der Waals surface area contributed by atoms with Gasteiger partial charge in [-0.05, 0) is 180 Å². The van der Waals surface area contributed by atoms with Gasteiger partial charge < -0.3 is 58.0 Å². The van der Waals surface area contributed by atoms with E-state index >= 15 is 0 Å². The molecule has 4 atom stereocenters. The van der Waals surface area contributed by atoms with Crippen LogP contribution in [0.3, 0.4) is 0 Å². The molecule has 0 aromatic carbocycles. The Balaban J connectivity index is 0.000000158. The first kappa shape index (κ1) is 77.2. The van der Waals surface area contributed by atoms with Crippen molar-refractivity contribution in [1.29, 1.82) is 5.26 Å². The van der Waals surface area contributed by atoms with E-state index in [1.807, 2.05) is 27.0 Å². The second-order valence-electron chi connectivity index (χ2n) is 26.6. The zero-order chi connectivity index (χ0) is 67.8. The summed E-state index contributed by atoms with van der Waals surface area (Å²) in [7, 11) is 11.4. The molecule has 0 N–H and O–H groups in total. The molecule has 6 bridgehead atoms. The number of oxime groups is 2. The van der Waals surface area contributed by atoms with Gasteiger partial charge in [0.15, 0.2) is 5.71 Å². The molecule has 0 radical (unpaired) electrons. The maximum atomic E-state index is 11.2. The van der Waals surface area contributed by atoms with Gasteiger partial charge in [0.1, 0.15) is 37.5 Å². The highest BCUT2D eigenvalue weighted by Gasteiger charge is 2.52. The maximum absolute atomic E-state index is 11.2. The summed E-state index contributed by atoms with van der Waals surface area (Å²) < 4.78 is 31.0. The van der Waals surface area contributed by atoms with Crippen LogP contribution < -0.4 is 4.74 Å². The van der Waals surface area contributed by atoms with E-state index in [4.69, 9.17) is 35.5 Å². The van der Waals surface area contributed by atoms with Crippen molar-refractivity contribution in [3.05, 3.63) is 47.0 Å². The lowest BCUT2D eigenvalue weighted by Crippen LogP contribution is -2.57. The number of tetrazole rings is 1. The molecule has 23 nitrogen and oxygen atoms in total. The molecular weight excluding hydrogens is 1240 g/mol. The highest BCUT2D eigenvalue weighted by molar-refractivity contribution is 8.01. The average molecular weight is 1360 g/mol. The highest BCUT2D eigenvalue weighted by Crippen LogP contribution is 2.50. The van der Waals surface area contributed by atoms with E-state index in [-0.39, 0.29) is 10.9 Å². The van der Waals surface area contributed by atoms with Gasteiger partial charge in [-0.1, -0.05) is 73.6 Å². The molecule has 528 valence electrons. The van der Waals surface area contributed by atoms with Crippen LogP contribution in [0.2, 0.25) is 0 Å². The Morgan fingerprint density at radius 3 is 1.95 bits per heavy atom. The monoisotopic (exact) mass is 1350 g/mol. The number of ether oxygens (including phenoxy) is 4. The minimum absolute atomic E-state index is 0.163. The fraction of sp³-hybridized carbons (Fsp3) is 0.757. The Morgan fingerprint density at radius 1 is 0.768 bits per heavy atom. The van der Waals surface area contributed by atoms with Crippen LogP contribution in [-0.2, 0) is 35.2 Å². The van der Waals surface area contributed by atoms with Gasteiger partial charge >= 0.3 is 5.97 Å². The van der Waals surface area contributed by atoms with Gasteiger partial charge in [-0.15, -0.1) is 32.8 Å². The predicted molar refractivity (Wildman–Crippen MR) is 381 cm³/mol. The molecule has 14 aliphatic rings. The van der Waals surface area contributed by atoms with Gasteiger partial charge in [0.25, 0.3) is 5.88 Å². The number of nitriles is 1. The molecule has 95 heavy (non-hydrogen) atoms. The van der Waals surface area contributed by atoms with Gasteiger partial charge in [-0.2, -0.15) is 14.4 Å². The maximum Gasteiger partial charge on any atom is 0.334 e. The number of piperidine rings is 9. The molecule has 10 fully saturated rings. The Hall–Kier alpha value is -5.16. The van der Waals surface area contributed by atoms with Crippen LogP contribution in [0.15, 0.2) is 45.8 Å². The third-order valence-electron chi connectivity index (χ3n) is 19.2. The summed E-state index contributed by atoms with van der Waals surface area (Å²) in [6.07, 6.45) is 32.8. The number of aryl methyl sites for hydroxylation is 1. The number of hydrogen-bond acceptors (Lipinski definition) is 24. The number of aromatic nitrogens is 6. The summed E-state index contributed by atoms with van der Waals surface area (Å²) in [5.41, 5.74) is 6.00. The van der Waals surface area contributed by atoms with Crippen molar-refractivity contribution >= 4 is 52.5 Å². The first-order valence-electron chi connectivity index (χ1n) is 35.2. The van der Waals surface area contributed by atoms with Gasteiger partial charge in [0.05, 0.1) is 50.4 Å². The fourth-order valence-corrected chi connectivity index (χ4v) is 16.1. The van der Waals surface area contributed by atoms with Crippen molar-refractivity contribution in [1.82, 2.24) is 63.3 Å². The van der Waals surface area contributed by atoms with Crippen molar-refractivity contribution in [2.24, 2.45) is 34.0 Å². The summed E-state index contributed by atoms with van der Waals surface area (Å²) in [6, 6.07) is 2.16. The molecule has 2 aromatic heterocycles. The number of thioether (sulfide) groups is 1. The number of fused-ring (bicyclic) bond motifs is 8. The fourth-order valence-electron chi connectivity index (χ4n) is 13.9. The van der Waals surface area contributed by atoms with Gasteiger partial charge in [0.2, 0.25) is 5.82 Å². The number of likely N-dealkylation sites (N-methyl/N-ethyl adjacent to an activating group) is 4. The zero-order valence-corrected chi connectivity index (χ0v) is 60.8. The van der Waals surface area contributed by atoms with Crippen molar-refractivity contribution in [2.45, 2.75) is 140 Å².